The number of carbonyl (C=O) groups is 2. The van der Waals surface area contributed by atoms with E-state index in [4.69, 9.17) is 27.9 Å². The van der Waals surface area contributed by atoms with Gasteiger partial charge in [-0.25, -0.2) is 9.97 Å². The number of fused-ring (bicyclic) bond motifs is 1. The van der Waals surface area contributed by atoms with Gasteiger partial charge in [0.05, 0.1) is 54.3 Å². The van der Waals surface area contributed by atoms with E-state index in [1.54, 1.807) is 24.1 Å². The summed E-state index contributed by atoms with van der Waals surface area (Å²) in [5.41, 5.74) is 3.36. The Kier molecular flexibility index (Phi) is 6.37. The molecule has 0 saturated carbocycles. The predicted octanol–water partition coefficient (Wildman–Crippen LogP) is 4.37. The number of pyridine rings is 2. The van der Waals surface area contributed by atoms with Gasteiger partial charge in [-0.1, -0.05) is 34.5 Å². The van der Waals surface area contributed by atoms with Gasteiger partial charge < -0.3 is 9.64 Å². The largest absolute Gasteiger partial charge is 0.494 e. The molecule has 4 aromatic heterocycles. The van der Waals surface area contributed by atoms with E-state index in [1.807, 2.05) is 6.92 Å². The molecule has 13 heteroatoms. The molecule has 0 spiro atoms. The van der Waals surface area contributed by atoms with Crippen LogP contribution in [-0.4, -0.2) is 48.6 Å². The van der Waals surface area contributed by atoms with Crippen LogP contribution in [-0.2, 0) is 20.1 Å². The zero-order chi connectivity index (χ0) is 25.6. The molecule has 1 N–H and O–H groups in total. The first-order chi connectivity index (χ1) is 17.2. The van der Waals surface area contributed by atoms with Gasteiger partial charge in [-0.15, -0.1) is 0 Å². The van der Waals surface area contributed by atoms with Gasteiger partial charge in [-0.3, -0.25) is 24.6 Å². The van der Waals surface area contributed by atoms with Gasteiger partial charge in [0, 0.05) is 30.1 Å². The molecule has 0 radical (unpaired) electrons. The SMILES string of the molecule is COc1cnc(Cl)cc1-c1cc(C)ncc1C(=O)Nc1nc2c(s1)CN(C(=O)c1cnn(C)c1Cl)C2. The summed E-state index contributed by atoms with van der Waals surface area (Å²) in [4.78, 5) is 41.5. The summed E-state index contributed by atoms with van der Waals surface area (Å²) >= 11 is 13.6. The van der Waals surface area contributed by atoms with Gasteiger partial charge in [-0.05, 0) is 19.1 Å². The highest BCUT2D eigenvalue weighted by molar-refractivity contribution is 7.16. The summed E-state index contributed by atoms with van der Waals surface area (Å²) in [5, 5.41) is 7.87. The summed E-state index contributed by atoms with van der Waals surface area (Å²) in [6, 6.07) is 3.43. The monoisotopic (exact) mass is 543 g/mol. The average molecular weight is 544 g/mol. The first-order valence-electron chi connectivity index (χ1n) is 10.7. The maximum atomic E-state index is 13.3. The van der Waals surface area contributed by atoms with Crippen LogP contribution in [0.15, 0.2) is 30.7 Å². The van der Waals surface area contributed by atoms with Crippen molar-refractivity contribution in [1.82, 2.24) is 29.6 Å². The summed E-state index contributed by atoms with van der Waals surface area (Å²) < 4.78 is 6.87. The third-order valence-electron chi connectivity index (χ3n) is 5.69. The standard InChI is InChI=1S/C23H19Cl2N7O3S/c1-11-4-12(13-5-19(24)27-8-17(13)35-3)14(6-26-11)21(33)30-23-29-16-9-32(10-18(16)36-23)22(34)15-7-28-31(2)20(15)25/h4-8H,9-10H2,1-3H3,(H,29,30,33). The third kappa shape index (κ3) is 4.41. The molecule has 1 aliphatic rings. The van der Waals surface area contributed by atoms with Gasteiger partial charge in [0.1, 0.15) is 16.1 Å². The molecule has 10 nitrogen and oxygen atoms in total. The Bertz CT molecular complexity index is 1490. The van der Waals surface area contributed by atoms with Crippen LogP contribution in [0.1, 0.15) is 37.0 Å². The Morgan fingerprint density at radius 3 is 2.58 bits per heavy atom. The van der Waals surface area contributed by atoms with E-state index in [0.717, 1.165) is 16.3 Å². The lowest BCUT2D eigenvalue weighted by Gasteiger charge is -2.15. The van der Waals surface area contributed by atoms with Crippen LogP contribution in [0.4, 0.5) is 5.13 Å². The fraction of sp³-hybridized carbons (Fsp3) is 0.217. The molecule has 2 amide bonds. The summed E-state index contributed by atoms with van der Waals surface area (Å²) in [6.45, 7) is 2.52. The Balaban J connectivity index is 1.36. The van der Waals surface area contributed by atoms with Gasteiger partial charge in [0.2, 0.25) is 0 Å². The van der Waals surface area contributed by atoms with Crippen molar-refractivity contribution in [2.75, 3.05) is 12.4 Å². The summed E-state index contributed by atoms with van der Waals surface area (Å²) in [5.74, 6) is -0.120. The molecular weight excluding hydrogens is 525 g/mol. The minimum atomic E-state index is -0.380. The van der Waals surface area contributed by atoms with Crippen molar-refractivity contribution in [2.45, 2.75) is 20.0 Å². The van der Waals surface area contributed by atoms with E-state index in [1.165, 1.54) is 41.7 Å². The predicted molar refractivity (Wildman–Crippen MR) is 136 cm³/mol. The molecule has 0 aromatic carbocycles. The van der Waals surface area contributed by atoms with Crippen LogP contribution in [0.25, 0.3) is 11.1 Å². The van der Waals surface area contributed by atoms with Gasteiger partial charge >= 0.3 is 0 Å². The van der Waals surface area contributed by atoms with E-state index < -0.39 is 0 Å². The Labute approximate surface area is 219 Å². The highest BCUT2D eigenvalue weighted by atomic mass is 35.5. The molecule has 0 unspecified atom stereocenters. The van der Waals surface area contributed by atoms with Crippen LogP contribution in [0.5, 0.6) is 5.75 Å². The van der Waals surface area contributed by atoms with Crippen molar-refractivity contribution in [3.63, 3.8) is 0 Å². The first kappa shape index (κ1) is 24.2. The lowest BCUT2D eigenvalue weighted by molar-refractivity contribution is 0.0750. The number of amides is 2. The number of rotatable bonds is 5. The van der Waals surface area contributed by atoms with E-state index in [-0.39, 0.29) is 22.1 Å². The van der Waals surface area contributed by atoms with Crippen LogP contribution < -0.4 is 10.1 Å². The Morgan fingerprint density at radius 1 is 1.08 bits per heavy atom. The zero-order valence-electron chi connectivity index (χ0n) is 19.4. The lowest BCUT2D eigenvalue weighted by Crippen LogP contribution is -2.25. The molecular formula is C23H19Cl2N7O3S. The van der Waals surface area contributed by atoms with E-state index in [0.29, 0.717) is 46.2 Å². The molecule has 4 aromatic rings. The number of aromatic nitrogens is 5. The number of anilines is 1. The second-order valence-corrected chi connectivity index (χ2v) is 9.88. The average Bonchev–Trinajstić information content (AvgIpc) is 3.52. The number of aryl methyl sites for hydroxylation is 2. The molecule has 0 aliphatic carbocycles. The Hall–Kier alpha value is -3.54. The molecule has 0 fully saturated rings. The van der Waals surface area contributed by atoms with Crippen molar-refractivity contribution < 1.29 is 14.3 Å². The van der Waals surface area contributed by atoms with E-state index >= 15 is 0 Å². The number of ether oxygens (including phenoxy) is 1. The fourth-order valence-electron chi connectivity index (χ4n) is 3.89. The quantitative estimate of drug-likeness (QED) is 0.371. The van der Waals surface area contributed by atoms with Crippen LogP contribution in [0, 0.1) is 6.92 Å². The maximum absolute atomic E-state index is 13.3. The molecule has 0 atom stereocenters. The number of halogens is 2. The van der Waals surface area contributed by atoms with Crippen molar-refractivity contribution in [1.29, 1.82) is 0 Å². The highest BCUT2D eigenvalue weighted by Crippen LogP contribution is 2.36. The number of thiazole rings is 1. The Morgan fingerprint density at radius 2 is 1.89 bits per heavy atom. The van der Waals surface area contributed by atoms with Crippen molar-refractivity contribution >= 4 is 51.5 Å². The normalized spacial score (nSPS) is 12.5. The molecule has 5 rings (SSSR count). The number of carbonyl (C=O) groups excluding carboxylic acids is 2. The van der Waals surface area contributed by atoms with Gasteiger partial charge in [0.25, 0.3) is 11.8 Å². The smallest absolute Gasteiger partial charge is 0.259 e. The first-order valence-corrected chi connectivity index (χ1v) is 12.3. The van der Waals surface area contributed by atoms with Crippen LogP contribution in [0.2, 0.25) is 10.3 Å². The lowest BCUT2D eigenvalue weighted by atomic mass is 10.0. The second-order valence-electron chi connectivity index (χ2n) is 8.06. The third-order valence-corrected chi connectivity index (χ3v) is 7.34. The van der Waals surface area contributed by atoms with Gasteiger partial charge in [-0.2, -0.15) is 5.10 Å². The minimum Gasteiger partial charge on any atom is -0.494 e. The summed E-state index contributed by atoms with van der Waals surface area (Å²) in [7, 11) is 3.19. The van der Waals surface area contributed by atoms with E-state index in [9.17, 15) is 9.59 Å². The van der Waals surface area contributed by atoms with Crippen LogP contribution >= 0.6 is 34.5 Å². The number of hydrogen-bond acceptors (Lipinski definition) is 8. The molecule has 0 saturated heterocycles. The highest BCUT2D eigenvalue weighted by Gasteiger charge is 2.30. The number of methoxy groups -OCH3 is 1. The molecule has 5 heterocycles. The topological polar surface area (TPSA) is 115 Å². The number of nitrogens with zero attached hydrogens (tertiary/aromatic N) is 6. The zero-order valence-corrected chi connectivity index (χ0v) is 21.7. The van der Waals surface area contributed by atoms with Crippen LogP contribution in [0.3, 0.4) is 0 Å². The second kappa shape index (κ2) is 9.49. The maximum Gasteiger partial charge on any atom is 0.259 e. The fourth-order valence-corrected chi connectivity index (χ4v) is 5.20. The van der Waals surface area contributed by atoms with E-state index in [2.05, 4.69) is 25.4 Å². The van der Waals surface area contributed by atoms with Crippen molar-refractivity contribution in [3.05, 3.63) is 68.4 Å². The summed E-state index contributed by atoms with van der Waals surface area (Å²) in [6.07, 6.45) is 4.47. The molecule has 36 heavy (non-hydrogen) atoms. The number of hydrogen-bond donors (Lipinski definition) is 1. The molecule has 1 aliphatic heterocycles. The van der Waals surface area contributed by atoms with Crippen molar-refractivity contribution in [2.24, 2.45) is 7.05 Å². The van der Waals surface area contributed by atoms with Crippen molar-refractivity contribution in [3.8, 4) is 16.9 Å². The minimum absolute atomic E-state index is 0.218. The molecule has 184 valence electrons. The van der Waals surface area contributed by atoms with Gasteiger partial charge in [0.15, 0.2) is 5.13 Å². The number of nitrogens with one attached hydrogen (secondary N) is 1. The molecule has 0 bridgehead atoms.